The first-order valence-electron chi connectivity index (χ1n) is 6.66. The van der Waals surface area contributed by atoms with Crippen molar-refractivity contribution in [1.82, 2.24) is 10.0 Å². The quantitative estimate of drug-likeness (QED) is 0.665. The normalized spacial score (nSPS) is 10.6. The van der Waals surface area contributed by atoms with Gasteiger partial charge in [0, 0.05) is 19.3 Å². The van der Waals surface area contributed by atoms with Crippen molar-refractivity contribution in [2.24, 2.45) is 0 Å². The largest absolute Gasteiger partial charge is 0.375 e. The van der Waals surface area contributed by atoms with Crippen LogP contribution in [0, 0.1) is 0 Å². The lowest BCUT2D eigenvalue weighted by Gasteiger charge is -2.20. The van der Waals surface area contributed by atoms with Crippen molar-refractivity contribution in [1.29, 1.82) is 0 Å². The maximum Gasteiger partial charge on any atom is 0.375 e. The number of hydrogen-bond donors (Lipinski definition) is 0. The van der Waals surface area contributed by atoms with Crippen LogP contribution in [-0.4, -0.2) is 29.1 Å². The SMILES string of the molecule is CCCCN(CCCC)OC(=O)c1ccccn1. The van der Waals surface area contributed by atoms with Crippen molar-refractivity contribution in [2.45, 2.75) is 39.5 Å². The van der Waals surface area contributed by atoms with Crippen molar-refractivity contribution in [3.63, 3.8) is 0 Å². The summed E-state index contributed by atoms with van der Waals surface area (Å²) in [6.07, 6.45) is 5.82. The summed E-state index contributed by atoms with van der Waals surface area (Å²) in [5.41, 5.74) is 0.357. The van der Waals surface area contributed by atoms with E-state index in [4.69, 9.17) is 4.84 Å². The number of pyridine rings is 1. The first-order chi connectivity index (χ1) is 8.77. The molecule has 4 heteroatoms. The third-order valence-corrected chi connectivity index (χ3v) is 2.61. The van der Waals surface area contributed by atoms with Gasteiger partial charge >= 0.3 is 5.97 Å². The molecule has 0 aliphatic carbocycles. The Morgan fingerprint density at radius 1 is 1.22 bits per heavy atom. The number of aromatic nitrogens is 1. The Labute approximate surface area is 109 Å². The number of carbonyl (C=O) groups is 1. The minimum atomic E-state index is -0.372. The smallest absolute Gasteiger partial charge is 0.363 e. The molecule has 100 valence electrons. The third kappa shape index (κ3) is 5.27. The molecule has 18 heavy (non-hydrogen) atoms. The Kier molecular flexibility index (Phi) is 7.03. The molecule has 1 aromatic heterocycles. The fraction of sp³-hybridized carbons (Fsp3) is 0.571. The minimum Gasteiger partial charge on any atom is -0.363 e. The zero-order valence-corrected chi connectivity index (χ0v) is 11.3. The molecule has 0 amide bonds. The summed E-state index contributed by atoms with van der Waals surface area (Å²) in [5.74, 6) is -0.372. The van der Waals surface area contributed by atoms with E-state index in [1.165, 1.54) is 0 Å². The van der Waals surface area contributed by atoms with E-state index in [-0.39, 0.29) is 5.97 Å². The Hall–Kier alpha value is -1.42. The van der Waals surface area contributed by atoms with E-state index in [0.717, 1.165) is 38.8 Å². The average Bonchev–Trinajstić information content (AvgIpc) is 2.42. The molecule has 0 aromatic carbocycles. The fourth-order valence-electron chi connectivity index (χ4n) is 1.52. The summed E-state index contributed by atoms with van der Waals surface area (Å²) in [6, 6.07) is 5.23. The van der Waals surface area contributed by atoms with E-state index < -0.39 is 0 Å². The fourth-order valence-corrected chi connectivity index (χ4v) is 1.52. The highest BCUT2D eigenvalue weighted by Gasteiger charge is 2.13. The van der Waals surface area contributed by atoms with E-state index in [9.17, 15) is 4.79 Å². The standard InChI is InChI=1S/C14H22N2O2/c1-3-5-11-16(12-6-4-2)18-14(17)13-9-7-8-10-15-13/h7-10H,3-6,11-12H2,1-2H3. The molecular formula is C14H22N2O2. The highest BCUT2D eigenvalue weighted by molar-refractivity contribution is 5.86. The lowest BCUT2D eigenvalue weighted by atomic mass is 10.3. The number of nitrogens with zero attached hydrogens (tertiary/aromatic N) is 2. The first-order valence-corrected chi connectivity index (χ1v) is 6.66. The molecule has 0 atom stereocenters. The summed E-state index contributed by atoms with van der Waals surface area (Å²) in [7, 11) is 0. The lowest BCUT2D eigenvalue weighted by Crippen LogP contribution is -2.29. The van der Waals surface area contributed by atoms with Gasteiger partial charge in [0.1, 0.15) is 5.69 Å². The molecule has 0 fully saturated rings. The van der Waals surface area contributed by atoms with Crippen LogP contribution in [0.15, 0.2) is 24.4 Å². The van der Waals surface area contributed by atoms with Gasteiger partial charge in [0.2, 0.25) is 0 Å². The number of hydroxylamine groups is 2. The van der Waals surface area contributed by atoms with Gasteiger partial charge < -0.3 is 4.84 Å². The van der Waals surface area contributed by atoms with Gasteiger partial charge in [0.25, 0.3) is 0 Å². The summed E-state index contributed by atoms with van der Waals surface area (Å²) < 4.78 is 0. The molecule has 0 radical (unpaired) electrons. The van der Waals surface area contributed by atoms with Crippen LogP contribution in [0.25, 0.3) is 0 Å². The maximum absolute atomic E-state index is 11.9. The number of carbonyl (C=O) groups excluding carboxylic acids is 1. The van der Waals surface area contributed by atoms with Gasteiger partial charge in [-0.3, -0.25) is 0 Å². The molecule has 1 rings (SSSR count). The van der Waals surface area contributed by atoms with Gasteiger partial charge in [-0.05, 0) is 25.0 Å². The van der Waals surface area contributed by atoms with Crippen LogP contribution < -0.4 is 0 Å². The minimum absolute atomic E-state index is 0.357. The second-order valence-corrected chi connectivity index (χ2v) is 4.23. The van der Waals surface area contributed by atoms with Crippen LogP contribution >= 0.6 is 0 Å². The summed E-state index contributed by atoms with van der Waals surface area (Å²) in [4.78, 5) is 21.2. The maximum atomic E-state index is 11.9. The second-order valence-electron chi connectivity index (χ2n) is 4.23. The number of rotatable bonds is 8. The molecule has 0 spiro atoms. The van der Waals surface area contributed by atoms with Gasteiger partial charge in [0.05, 0.1) is 0 Å². The lowest BCUT2D eigenvalue weighted by molar-refractivity contribution is -0.111. The van der Waals surface area contributed by atoms with Crippen molar-refractivity contribution in [3.05, 3.63) is 30.1 Å². The summed E-state index contributed by atoms with van der Waals surface area (Å²) >= 11 is 0. The van der Waals surface area contributed by atoms with Gasteiger partial charge in [0.15, 0.2) is 0 Å². The zero-order valence-electron chi connectivity index (χ0n) is 11.3. The van der Waals surface area contributed by atoms with Crippen LogP contribution in [-0.2, 0) is 4.84 Å². The molecule has 0 aliphatic heterocycles. The highest BCUT2D eigenvalue weighted by Crippen LogP contribution is 2.04. The van der Waals surface area contributed by atoms with Crippen molar-refractivity contribution >= 4 is 5.97 Å². The van der Waals surface area contributed by atoms with Crippen molar-refractivity contribution in [2.75, 3.05) is 13.1 Å². The Balaban J connectivity index is 2.50. The molecule has 1 aromatic rings. The molecule has 0 N–H and O–H groups in total. The predicted molar refractivity (Wildman–Crippen MR) is 71.0 cm³/mol. The van der Waals surface area contributed by atoms with Gasteiger partial charge in [-0.2, -0.15) is 0 Å². The Morgan fingerprint density at radius 3 is 2.39 bits per heavy atom. The molecule has 0 bridgehead atoms. The third-order valence-electron chi connectivity index (χ3n) is 2.61. The van der Waals surface area contributed by atoms with Gasteiger partial charge in [-0.25, -0.2) is 9.78 Å². The average molecular weight is 250 g/mol. The molecular weight excluding hydrogens is 228 g/mol. The monoisotopic (exact) mass is 250 g/mol. The van der Waals surface area contributed by atoms with Crippen LogP contribution in [0.3, 0.4) is 0 Å². The van der Waals surface area contributed by atoms with Gasteiger partial charge in [-0.1, -0.05) is 32.8 Å². The molecule has 4 nitrogen and oxygen atoms in total. The molecule has 0 saturated carbocycles. The molecule has 0 aliphatic rings. The van der Waals surface area contributed by atoms with Crippen molar-refractivity contribution in [3.8, 4) is 0 Å². The Morgan fingerprint density at radius 2 is 1.89 bits per heavy atom. The van der Waals surface area contributed by atoms with Crippen molar-refractivity contribution < 1.29 is 9.63 Å². The molecule has 0 unspecified atom stereocenters. The molecule has 1 heterocycles. The van der Waals surface area contributed by atoms with Gasteiger partial charge in [-0.15, -0.1) is 5.06 Å². The van der Waals surface area contributed by atoms with E-state index >= 15 is 0 Å². The zero-order chi connectivity index (χ0) is 13.2. The van der Waals surface area contributed by atoms with Crippen LogP contribution in [0.1, 0.15) is 50.0 Å². The summed E-state index contributed by atoms with van der Waals surface area (Å²) in [5, 5.41) is 1.75. The first kappa shape index (κ1) is 14.6. The highest BCUT2D eigenvalue weighted by atomic mass is 16.7. The van der Waals surface area contributed by atoms with E-state index in [2.05, 4.69) is 18.8 Å². The summed E-state index contributed by atoms with van der Waals surface area (Å²) in [6.45, 7) is 5.82. The number of unbranched alkanes of at least 4 members (excludes halogenated alkanes) is 2. The second kappa shape index (κ2) is 8.64. The predicted octanol–water partition coefficient (Wildman–Crippen LogP) is 3.06. The Bertz CT molecular complexity index is 333. The number of hydrogen-bond acceptors (Lipinski definition) is 4. The van der Waals surface area contributed by atoms with Crippen LogP contribution in [0.5, 0.6) is 0 Å². The topological polar surface area (TPSA) is 42.4 Å². The van der Waals surface area contributed by atoms with E-state index in [1.807, 2.05) is 0 Å². The van der Waals surface area contributed by atoms with E-state index in [1.54, 1.807) is 29.5 Å². The van der Waals surface area contributed by atoms with Crippen LogP contribution in [0.4, 0.5) is 0 Å². The molecule has 0 saturated heterocycles. The van der Waals surface area contributed by atoms with E-state index in [0.29, 0.717) is 5.69 Å². The van der Waals surface area contributed by atoms with Crippen LogP contribution in [0.2, 0.25) is 0 Å².